The Morgan fingerprint density at radius 2 is 1.72 bits per heavy atom. The van der Waals surface area contributed by atoms with Crippen LogP contribution in [0.3, 0.4) is 0 Å². The van der Waals surface area contributed by atoms with Crippen LogP contribution in [0.2, 0.25) is 0 Å². The molecule has 0 saturated heterocycles. The largest absolute Gasteiger partial charge is 0.466 e. The smallest absolute Gasteiger partial charge is 0.334 e. The molecule has 0 heterocycles. The van der Waals surface area contributed by atoms with Gasteiger partial charge in [-0.05, 0) is 35.6 Å². The first-order chi connectivity index (χ1) is 14.0. The van der Waals surface area contributed by atoms with Gasteiger partial charge in [-0.1, -0.05) is 67.1 Å². The van der Waals surface area contributed by atoms with Gasteiger partial charge in [-0.3, -0.25) is 0 Å². The molecule has 2 unspecified atom stereocenters. The highest BCUT2D eigenvalue weighted by Gasteiger charge is 2.47. The summed E-state index contributed by atoms with van der Waals surface area (Å²) in [6, 6.07) is 18.5. The first kappa shape index (κ1) is 21.0. The molecule has 152 valence electrons. The van der Waals surface area contributed by atoms with Crippen molar-refractivity contribution in [2.24, 2.45) is 0 Å². The fraction of sp³-hybridized carbons (Fsp3) is 0.320. The number of esters is 1. The van der Waals surface area contributed by atoms with Crippen molar-refractivity contribution in [1.82, 2.24) is 0 Å². The summed E-state index contributed by atoms with van der Waals surface area (Å²) in [6.45, 7) is 8.41. The van der Waals surface area contributed by atoms with Crippen LogP contribution in [-0.2, 0) is 24.7 Å². The molecule has 0 fully saturated rings. The molecule has 29 heavy (non-hydrogen) atoms. The predicted octanol–water partition coefficient (Wildman–Crippen LogP) is 5.10. The number of carbonyl (C=O) groups is 1. The minimum Gasteiger partial charge on any atom is -0.466 e. The number of hydrogen-bond donors (Lipinski definition) is 0. The van der Waals surface area contributed by atoms with Gasteiger partial charge in [0.05, 0.1) is 14.2 Å². The highest BCUT2D eigenvalue weighted by Crippen LogP contribution is 2.53. The molecular formula is C25H28O4. The molecule has 3 rings (SSSR count). The number of hydrogen-bond acceptors (Lipinski definition) is 4. The quantitative estimate of drug-likeness (QED) is 0.284. The molecule has 2 aromatic rings. The van der Waals surface area contributed by atoms with Gasteiger partial charge in [0.25, 0.3) is 0 Å². The monoisotopic (exact) mass is 392 g/mol. The van der Waals surface area contributed by atoms with E-state index in [2.05, 4.69) is 30.8 Å². The van der Waals surface area contributed by atoms with Gasteiger partial charge in [-0.15, -0.1) is 6.58 Å². The Bertz CT molecular complexity index is 929. The SMILES string of the molecule is C=C(C)CC1(c2ccccc2)C(COOC)=C(C(=O)OC)C(C)c2ccccc21. The molecule has 0 N–H and O–H groups in total. The third kappa shape index (κ3) is 3.66. The maximum absolute atomic E-state index is 13.0. The summed E-state index contributed by atoms with van der Waals surface area (Å²) >= 11 is 0. The molecule has 4 nitrogen and oxygen atoms in total. The molecule has 4 heteroatoms. The second-order valence-electron chi connectivity index (χ2n) is 7.53. The van der Waals surface area contributed by atoms with E-state index in [0.29, 0.717) is 12.0 Å². The van der Waals surface area contributed by atoms with Crippen molar-refractivity contribution in [3.8, 4) is 0 Å². The normalized spacial score (nSPS) is 20.9. The second kappa shape index (κ2) is 8.76. The number of fused-ring (bicyclic) bond motifs is 1. The summed E-state index contributed by atoms with van der Waals surface area (Å²) in [5.41, 5.74) is 5.23. The third-order valence-electron chi connectivity index (χ3n) is 5.72. The zero-order valence-electron chi connectivity index (χ0n) is 17.5. The standard InChI is InChI=1S/C25H28O4/c1-17(2)15-25(19-11-7-6-8-12-19)21-14-10-9-13-20(21)18(3)23(24(26)27-4)22(25)16-29-28-5/h6-14,18H,1,15-16H2,2-5H3. The van der Waals surface area contributed by atoms with Crippen molar-refractivity contribution in [2.45, 2.75) is 31.6 Å². The molecule has 0 saturated carbocycles. The van der Waals surface area contributed by atoms with Gasteiger partial charge in [-0.2, -0.15) is 0 Å². The molecular weight excluding hydrogens is 364 g/mol. The van der Waals surface area contributed by atoms with Crippen molar-refractivity contribution in [2.75, 3.05) is 20.8 Å². The van der Waals surface area contributed by atoms with Gasteiger partial charge in [0.2, 0.25) is 0 Å². The topological polar surface area (TPSA) is 44.8 Å². The number of ether oxygens (including phenoxy) is 1. The van der Waals surface area contributed by atoms with Crippen molar-refractivity contribution in [1.29, 1.82) is 0 Å². The van der Waals surface area contributed by atoms with Crippen LogP contribution >= 0.6 is 0 Å². The fourth-order valence-electron chi connectivity index (χ4n) is 4.61. The molecule has 2 atom stereocenters. The van der Waals surface area contributed by atoms with Crippen LogP contribution in [0.25, 0.3) is 0 Å². The lowest BCUT2D eigenvalue weighted by atomic mass is 9.58. The van der Waals surface area contributed by atoms with Crippen molar-refractivity contribution >= 4 is 5.97 Å². The molecule has 0 aromatic heterocycles. The number of methoxy groups -OCH3 is 1. The maximum atomic E-state index is 13.0. The zero-order valence-corrected chi connectivity index (χ0v) is 17.5. The van der Waals surface area contributed by atoms with Crippen LogP contribution in [-0.4, -0.2) is 26.8 Å². The van der Waals surface area contributed by atoms with Crippen LogP contribution in [0.1, 0.15) is 42.9 Å². The van der Waals surface area contributed by atoms with Gasteiger partial charge >= 0.3 is 5.97 Å². The second-order valence-corrected chi connectivity index (χ2v) is 7.53. The van der Waals surface area contributed by atoms with Crippen molar-refractivity contribution in [3.05, 3.63) is 94.6 Å². The van der Waals surface area contributed by atoms with E-state index in [1.807, 2.05) is 44.2 Å². The summed E-state index contributed by atoms with van der Waals surface area (Å²) < 4.78 is 5.20. The molecule has 1 aliphatic carbocycles. The molecule has 0 aliphatic heterocycles. The minimum absolute atomic E-state index is 0.129. The van der Waals surface area contributed by atoms with E-state index in [1.165, 1.54) is 14.2 Å². The Labute approximate surface area is 172 Å². The van der Waals surface area contributed by atoms with E-state index in [4.69, 9.17) is 14.5 Å². The summed E-state index contributed by atoms with van der Waals surface area (Å²) in [7, 11) is 2.89. The van der Waals surface area contributed by atoms with E-state index in [9.17, 15) is 4.79 Å². The van der Waals surface area contributed by atoms with E-state index >= 15 is 0 Å². The predicted molar refractivity (Wildman–Crippen MR) is 114 cm³/mol. The van der Waals surface area contributed by atoms with Gasteiger partial charge in [0, 0.05) is 16.9 Å². The van der Waals surface area contributed by atoms with Gasteiger partial charge in [0.15, 0.2) is 0 Å². The van der Waals surface area contributed by atoms with Crippen LogP contribution < -0.4 is 0 Å². The highest BCUT2D eigenvalue weighted by atomic mass is 17.2. The zero-order chi connectivity index (χ0) is 21.0. The molecule has 0 spiro atoms. The van der Waals surface area contributed by atoms with E-state index < -0.39 is 5.41 Å². The Hall–Kier alpha value is -2.69. The lowest BCUT2D eigenvalue weighted by molar-refractivity contribution is -0.266. The maximum Gasteiger partial charge on any atom is 0.334 e. The fourth-order valence-corrected chi connectivity index (χ4v) is 4.61. The van der Waals surface area contributed by atoms with Crippen LogP contribution in [0.4, 0.5) is 0 Å². The Morgan fingerprint density at radius 3 is 2.34 bits per heavy atom. The number of rotatable bonds is 7. The number of benzene rings is 2. The first-order valence-corrected chi connectivity index (χ1v) is 9.74. The van der Waals surface area contributed by atoms with Gasteiger partial charge < -0.3 is 4.74 Å². The first-order valence-electron chi connectivity index (χ1n) is 9.74. The Balaban J connectivity index is 2.45. The minimum atomic E-state index is -0.599. The van der Waals surface area contributed by atoms with E-state index in [-0.39, 0.29) is 18.5 Å². The van der Waals surface area contributed by atoms with Crippen LogP contribution in [0.5, 0.6) is 0 Å². The Kier molecular flexibility index (Phi) is 6.36. The van der Waals surface area contributed by atoms with Crippen molar-refractivity contribution in [3.63, 3.8) is 0 Å². The summed E-state index contributed by atoms with van der Waals surface area (Å²) in [5, 5.41) is 0. The molecule has 2 aromatic carbocycles. The molecule has 1 aliphatic rings. The summed E-state index contributed by atoms with van der Waals surface area (Å²) in [4.78, 5) is 23.3. The highest BCUT2D eigenvalue weighted by molar-refractivity contribution is 5.93. The van der Waals surface area contributed by atoms with Crippen LogP contribution in [0.15, 0.2) is 77.9 Å². The summed E-state index contributed by atoms with van der Waals surface area (Å²) in [6.07, 6.45) is 0.643. The van der Waals surface area contributed by atoms with E-state index in [1.54, 1.807) is 0 Å². The molecule has 0 radical (unpaired) electrons. The average molecular weight is 392 g/mol. The van der Waals surface area contributed by atoms with Crippen LogP contribution in [0, 0.1) is 0 Å². The Morgan fingerprint density at radius 1 is 1.07 bits per heavy atom. The molecule has 0 bridgehead atoms. The lowest BCUT2D eigenvalue weighted by Gasteiger charge is -2.45. The number of allylic oxidation sites excluding steroid dienone is 1. The van der Waals surface area contributed by atoms with Crippen molar-refractivity contribution < 1.29 is 19.3 Å². The lowest BCUT2D eigenvalue weighted by Crippen LogP contribution is -2.40. The third-order valence-corrected chi connectivity index (χ3v) is 5.72. The van der Waals surface area contributed by atoms with Gasteiger partial charge in [-0.25, -0.2) is 14.6 Å². The van der Waals surface area contributed by atoms with E-state index in [0.717, 1.165) is 27.8 Å². The van der Waals surface area contributed by atoms with Gasteiger partial charge in [0.1, 0.15) is 6.61 Å². The average Bonchev–Trinajstić information content (AvgIpc) is 2.74. The summed E-state index contributed by atoms with van der Waals surface area (Å²) in [5.74, 6) is -0.472. The molecule has 0 amide bonds. The number of carbonyl (C=O) groups excluding carboxylic acids is 1.